The van der Waals surface area contributed by atoms with Crippen LogP contribution in [0.5, 0.6) is 0 Å². The monoisotopic (exact) mass is 639 g/mol. The van der Waals surface area contributed by atoms with Crippen LogP contribution >= 0.6 is 23.2 Å². The fourth-order valence-corrected chi connectivity index (χ4v) is 5.16. The second-order valence-corrected chi connectivity index (χ2v) is 11.2. The van der Waals surface area contributed by atoms with Crippen molar-refractivity contribution in [2.24, 2.45) is 15.3 Å². The minimum absolute atomic E-state index is 0.0659. The number of aromatic nitrogens is 3. The van der Waals surface area contributed by atoms with Gasteiger partial charge in [0.15, 0.2) is 6.04 Å². The van der Waals surface area contributed by atoms with Crippen LogP contribution in [0, 0.1) is 0 Å². The number of benzene rings is 3. The molecule has 0 fully saturated rings. The summed E-state index contributed by atoms with van der Waals surface area (Å²) in [7, 11) is -4.71. The molecule has 16 heteroatoms. The van der Waals surface area contributed by atoms with Crippen LogP contribution in [0.1, 0.15) is 13.8 Å². The number of rotatable bonds is 9. The topological polar surface area (TPSA) is 166 Å². The predicted molar refractivity (Wildman–Crippen MR) is 164 cm³/mol. The van der Waals surface area contributed by atoms with Gasteiger partial charge < -0.3 is 10.2 Å². The number of halogens is 2. The van der Waals surface area contributed by atoms with Crippen molar-refractivity contribution in [2.45, 2.75) is 24.8 Å². The zero-order chi connectivity index (χ0) is 30.7. The molecule has 0 saturated carbocycles. The normalized spacial score (nSPS) is 15.2. The minimum Gasteiger partial charge on any atom is -0.324 e. The molecule has 2 N–H and O–H groups in total. The molecule has 0 saturated heterocycles. The Bertz CT molecular complexity index is 1860. The van der Waals surface area contributed by atoms with Crippen LogP contribution in [-0.2, 0) is 14.9 Å². The van der Waals surface area contributed by atoms with Crippen molar-refractivity contribution in [3.05, 3.63) is 83.1 Å². The third-order valence-electron chi connectivity index (χ3n) is 6.17. The number of carbonyl (C=O) groups excluding carboxylic acids is 1. The standard InChI is InChI=1S/C27H23Cl2N9O4S/c1-3-37(18-9-5-4-6-10-18)27-32-25(29)31-26(33-27)30-17-13-14-22(43(40,41)42)20(15-17)34-35-23-16(2)36-38(24(23)39)21-12-8-7-11-19(21)28/h4-15,23H,3H2,1-2H3,(H,40,41,42)(H,30,31,32,33). The van der Waals surface area contributed by atoms with Gasteiger partial charge in [0.05, 0.1) is 16.4 Å². The average molecular weight is 641 g/mol. The van der Waals surface area contributed by atoms with Gasteiger partial charge in [-0.3, -0.25) is 9.35 Å². The van der Waals surface area contributed by atoms with Crippen LogP contribution in [0.4, 0.5) is 34.6 Å². The summed E-state index contributed by atoms with van der Waals surface area (Å²) in [5.41, 5.74) is 1.55. The van der Waals surface area contributed by atoms with Crippen molar-refractivity contribution >= 4 is 79.6 Å². The highest BCUT2D eigenvalue weighted by Crippen LogP contribution is 2.33. The molecule has 1 atom stereocenters. The molecule has 1 aromatic heterocycles. The van der Waals surface area contributed by atoms with Crippen LogP contribution in [-0.4, -0.2) is 52.1 Å². The van der Waals surface area contributed by atoms with Gasteiger partial charge in [0.1, 0.15) is 10.6 Å². The molecule has 0 radical (unpaired) electrons. The summed E-state index contributed by atoms with van der Waals surface area (Å²) in [5, 5.41) is 16.6. The van der Waals surface area contributed by atoms with Crippen molar-refractivity contribution in [1.29, 1.82) is 0 Å². The molecule has 4 aromatic rings. The van der Waals surface area contributed by atoms with Crippen molar-refractivity contribution < 1.29 is 17.8 Å². The second-order valence-electron chi connectivity index (χ2n) is 9.05. The van der Waals surface area contributed by atoms with E-state index in [4.69, 9.17) is 23.2 Å². The Balaban J connectivity index is 1.45. The molecule has 43 heavy (non-hydrogen) atoms. The molecule has 0 bridgehead atoms. The average Bonchev–Trinajstić information content (AvgIpc) is 3.24. The lowest BCUT2D eigenvalue weighted by molar-refractivity contribution is -0.117. The van der Waals surface area contributed by atoms with Gasteiger partial charge in [0, 0.05) is 17.9 Å². The van der Waals surface area contributed by atoms with Gasteiger partial charge in [-0.05, 0) is 67.9 Å². The Morgan fingerprint density at radius 2 is 1.74 bits per heavy atom. The molecule has 1 amide bonds. The lowest BCUT2D eigenvalue weighted by Crippen LogP contribution is -2.29. The molecule has 0 spiro atoms. The number of hydrazone groups is 1. The highest BCUT2D eigenvalue weighted by Gasteiger charge is 2.35. The SMILES string of the molecule is CCN(c1ccccc1)c1nc(Cl)nc(Nc2ccc(S(=O)(=O)O)c(N=NC3C(=O)N(c4ccccc4Cl)N=C3C)c2)n1. The maximum absolute atomic E-state index is 13.1. The van der Waals surface area contributed by atoms with E-state index < -0.39 is 27.0 Å². The maximum Gasteiger partial charge on any atom is 0.296 e. The van der Waals surface area contributed by atoms with E-state index in [1.54, 1.807) is 31.2 Å². The first-order valence-corrected chi connectivity index (χ1v) is 14.9. The van der Waals surface area contributed by atoms with Crippen molar-refractivity contribution in [3.63, 3.8) is 0 Å². The lowest BCUT2D eigenvalue weighted by Gasteiger charge is -2.21. The summed E-state index contributed by atoms with van der Waals surface area (Å²) in [5.74, 6) is -0.192. The number of para-hydroxylation sites is 2. The summed E-state index contributed by atoms with van der Waals surface area (Å²) in [6.45, 7) is 4.05. The first-order chi connectivity index (χ1) is 20.5. The summed E-state index contributed by atoms with van der Waals surface area (Å²) < 4.78 is 34.1. The quantitative estimate of drug-likeness (QED) is 0.160. The third-order valence-corrected chi connectivity index (χ3v) is 7.56. The Morgan fingerprint density at radius 3 is 2.44 bits per heavy atom. The number of carbonyl (C=O) groups is 1. The highest BCUT2D eigenvalue weighted by atomic mass is 35.5. The summed E-state index contributed by atoms with van der Waals surface area (Å²) in [6, 6.07) is 18.8. The first kappa shape index (κ1) is 30.0. The highest BCUT2D eigenvalue weighted by molar-refractivity contribution is 7.86. The number of nitrogens with zero attached hydrogens (tertiary/aromatic N) is 8. The molecule has 2 heterocycles. The molecular weight excluding hydrogens is 617 g/mol. The first-order valence-electron chi connectivity index (χ1n) is 12.7. The maximum atomic E-state index is 13.1. The van der Waals surface area contributed by atoms with Gasteiger partial charge in [-0.25, -0.2) is 0 Å². The Morgan fingerprint density at radius 1 is 1.02 bits per heavy atom. The van der Waals surface area contributed by atoms with Crippen molar-refractivity contribution in [2.75, 3.05) is 21.8 Å². The van der Waals surface area contributed by atoms with Crippen LogP contribution in [0.15, 0.2) is 93.0 Å². The van der Waals surface area contributed by atoms with E-state index in [-0.39, 0.29) is 28.6 Å². The lowest BCUT2D eigenvalue weighted by atomic mass is 10.2. The number of hydrogen-bond acceptors (Lipinski definition) is 11. The number of hydrogen-bond donors (Lipinski definition) is 2. The fraction of sp³-hybridized carbons (Fsp3) is 0.148. The molecule has 5 rings (SSSR count). The summed E-state index contributed by atoms with van der Waals surface area (Å²) in [4.78, 5) is 27.2. The van der Waals surface area contributed by atoms with Gasteiger partial charge >= 0.3 is 0 Å². The second kappa shape index (κ2) is 12.4. The van der Waals surface area contributed by atoms with Crippen molar-refractivity contribution in [1.82, 2.24) is 15.0 Å². The van der Waals surface area contributed by atoms with Gasteiger partial charge in [-0.2, -0.15) is 43.7 Å². The molecule has 220 valence electrons. The van der Waals surface area contributed by atoms with Gasteiger partial charge in [-0.15, -0.1) is 0 Å². The summed E-state index contributed by atoms with van der Waals surface area (Å²) in [6.07, 6.45) is 0. The fourth-order valence-electron chi connectivity index (χ4n) is 4.19. The molecule has 13 nitrogen and oxygen atoms in total. The van der Waals surface area contributed by atoms with E-state index >= 15 is 0 Å². The van der Waals surface area contributed by atoms with E-state index in [0.717, 1.165) is 16.8 Å². The Kier molecular flexibility index (Phi) is 8.64. The largest absolute Gasteiger partial charge is 0.324 e. The Labute approximate surface area is 256 Å². The number of anilines is 5. The van der Waals surface area contributed by atoms with Crippen LogP contribution in [0.2, 0.25) is 10.3 Å². The minimum atomic E-state index is -4.71. The van der Waals surface area contributed by atoms with E-state index in [1.807, 2.05) is 42.2 Å². The molecule has 1 aliphatic rings. The van der Waals surface area contributed by atoms with Gasteiger partial charge in [0.2, 0.25) is 17.2 Å². The van der Waals surface area contributed by atoms with Crippen LogP contribution < -0.4 is 15.2 Å². The molecule has 0 aliphatic carbocycles. The van der Waals surface area contributed by atoms with E-state index in [9.17, 15) is 17.8 Å². The van der Waals surface area contributed by atoms with Crippen LogP contribution in [0.3, 0.4) is 0 Å². The Hall–Kier alpha value is -4.50. The number of nitrogens with one attached hydrogen (secondary N) is 1. The third kappa shape index (κ3) is 6.62. The molecular formula is C27H23Cl2N9O4S. The molecule has 1 aliphatic heterocycles. The smallest absolute Gasteiger partial charge is 0.296 e. The van der Waals surface area contributed by atoms with Crippen LogP contribution in [0.25, 0.3) is 0 Å². The zero-order valence-corrected chi connectivity index (χ0v) is 25.0. The predicted octanol–water partition coefficient (Wildman–Crippen LogP) is 6.20. The number of azo groups is 1. The molecule has 3 aromatic carbocycles. The van der Waals surface area contributed by atoms with Gasteiger partial charge in [0.25, 0.3) is 16.0 Å². The van der Waals surface area contributed by atoms with E-state index in [1.165, 1.54) is 12.1 Å². The summed E-state index contributed by atoms with van der Waals surface area (Å²) >= 11 is 12.4. The van der Waals surface area contributed by atoms with E-state index in [0.29, 0.717) is 23.0 Å². The molecule has 1 unspecified atom stereocenters. The number of amides is 1. The van der Waals surface area contributed by atoms with Gasteiger partial charge in [-0.1, -0.05) is 41.9 Å². The zero-order valence-electron chi connectivity index (χ0n) is 22.6. The van der Waals surface area contributed by atoms with E-state index in [2.05, 4.69) is 35.6 Å². The van der Waals surface area contributed by atoms with Crippen molar-refractivity contribution in [3.8, 4) is 0 Å².